The first-order valence-electron chi connectivity index (χ1n) is 7.00. The van der Waals surface area contributed by atoms with Gasteiger partial charge in [0.1, 0.15) is 11.5 Å². The van der Waals surface area contributed by atoms with E-state index in [1.54, 1.807) is 12.1 Å². The lowest BCUT2D eigenvalue weighted by atomic mass is 9.93. The number of rotatable bonds is 2. The predicted octanol–water partition coefficient (Wildman–Crippen LogP) is 2.66. The second-order valence-electron chi connectivity index (χ2n) is 4.60. The molecule has 20 heavy (non-hydrogen) atoms. The van der Waals surface area contributed by atoms with Gasteiger partial charge in [-0.05, 0) is 36.1 Å². The largest absolute Gasteiger partial charge is 0.508 e. The maximum Gasteiger partial charge on any atom is 0.306 e. The zero-order chi connectivity index (χ0) is 15.1. The van der Waals surface area contributed by atoms with Crippen LogP contribution in [0.5, 0.6) is 5.75 Å². The van der Waals surface area contributed by atoms with Gasteiger partial charge in [0, 0.05) is 12.3 Å². The SMILES string of the molecule is CC.COC(=O)CC1Cc2ccc(O)cc2CCC1=O. The molecule has 1 atom stereocenters. The molecule has 0 aromatic heterocycles. The van der Waals surface area contributed by atoms with Gasteiger partial charge in [0.25, 0.3) is 0 Å². The number of esters is 1. The molecule has 0 radical (unpaired) electrons. The van der Waals surface area contributed by atoms with E-state index >= 15 is 0 Å². The lowest BCUT2D eigenvalue weighted by molar-refractivity contribution is -0.143. The van der Waals surface area contributed by atoms with Crippen molar-refractivity contribution >= 4 is 11.8 Å². The zero-order valence-corrected chi connectivity index (χ0v) is 12.3. The monoisotopic (exact) mass is 278 g/mol. The van der Waals surface area contributed by atoms with Gasteiger partial charge in [0.15, 0.2) is 0 Å². The minimum absolute atomic E-state index is 0.0936. The van der Waals surface area contributed by atoms with Gasteiger partial charge in [0.2, 0.25) is 0 Å². The van der Waals surface area contributed by atoms with E-state index in [0.717, 1.165) is 11.1 Å². The summed E-state index contributed by atoms with van der Waals surface area (Å²) in [5.74, 6) is -0.345. The van der Waals surface area contributed by atoms with Crippen LogP contribution in [0.25, 0.3) is 0 Å². The Morgan fingerprint density at radius 3 is 2.65 bits per heavy atom. The molecule has 2 rings (SSSR count). The van der Waals surface area contributed by atoms with Gasteiger partial charge in [-0.1, -0.05) is 19.9 Å². The van der Waals surface area contributed by atoms with E-state index < -0.39 is 0 Å². The highest BCUT2D eigenvalue weighted by Gasteiger charge is 2.26. The van der Waals surface area contributed by atoms with E-state index in [1.165, 1.54) is 7.11 Å². The van der Waals surface area contributed by atoms with E-state index in [1.807, 2.05) is 19.9 Å². The summed E-state index contributed by atoms with van der Waals surface area (Å²) >= 11 is 0. The number of ether oxygens (including phenoxy) is 1. The summed E-state index contributed by atoms with van der Waals surface area (Å²) < 4.78 is 4.62. The summed E-state index contributed by atoms with van der Waals surface area (Å²) in [6.07, 6.45) is 1.72. The average Bonchev–Trinajstić information content (AvgIpc) is 2.61. The summed E-state index contributed by atoms with van der Waals surface area (Å²) in [5.41, 5.74) is 2.03. The Labute approximate surface area is 119 Å². The number of fused-ring (bicyclic) bond motifs is 1. The van der Waals surface area contributed by atoms with E-state index in [4.69, 9.17) is 0 Å². The van der Waals surface area contributed by atoms with Gasteiger partial charge in [-0.15, -0.1) is 0 Å². The van der Waals surface area contributed by atoms with E-state index in [2.05, 4.69) is 4.74 Å². The van der Waals surface area contributed by atoms with Crippen molar-refractivity contribution in [1.29, 1.82) is 0 Å². The maximum atomic E-state index is 11.9. The molecule has 1 aliphatic rings. The molecule has 0 saturated heterocycles. The molecule has 4 nitrogen and oxygen atoms in total. The van der Waals surface area contributed by atoms with Crippen LogP contribution in [0, 0.1) is 5.92 Å². The highest BCUT2D eigenvalue weighted by atomic mass is 16.5. The Kier molecular flexibility index (Phi) is 6.22. The number of phenols is 1. The van der Waals surface area contributed by atoms with Crippen LogP contribution in [0.3, 0.4) is 0 Å². The van der Waals surface area contributed by atoms with E-state index in [0.29, 0.717) is 19.3 Å². The molecule has 0 spiro atoms. The molecule has 4 heteroatoms. The standard InChI is InChI=1S/C14H16O4.C2H6/c1-18-14(17)8-11-6-9-2-4-12(15)7-10(9)3-5-13(11)16;1-2/h2,4,7,11,15H,3,5-6,8H2,1H3;1-2H3. The third-order valence-corrected chi connectivity index (χ3v) is 3.39. The Morgan fingerprint density at radius 2 is 2.00 bits per heavy atom. The van der Waals surface area contributed by atoms with Crippen LogP contribution in [-0.4, -0.2) is 24.0 Å². The van der Waals surface area contributed by atoms with Crippen molar-refractivity contribution in [2.75, 3.05) is 7.11 Å². The number of carbonyl (C=O) groups excluding carboxylic acids is 2. The molecule has 1 aliphatic carbocycles. The minimum Gasteiger partial charge on any atom is -0.508 e. The average molecular weight is 278 g/mol. The van der Waals surface area contributed by atoms with Gasteiger partial charge in [-0.2, -0.15) is 0 Å². The molecule has 0 aliphatic heterocycles. The smallest absolute Gasteiger partial charge is 0.306 e. The van der Waals surface area contributed by atoms with Crippen LogP contribution >= 0.6 is 0 Å². The molecule has 1 aromatic carbocycles. The number of ketones is 1. The maximum absolute atomic E-state index is 11.9. The van der Waals surface area contributed by atoms with Crippen molar-refractivity contribution in [3.05, 3.63) is 29.3 Å². The minimum atomic E-state index is -0.351. The molecule has 0 saturated carbocycles. The lowest BCUT2D eigenvalue weighted by Gasteiger charge is -2.12. The number of aryl methyl sites for hydroxylation is 1. The first-order valence-corrected chi connectivity index (χ1v) is 7.00. The van der Waals surface area contributed by atoms with Crippen molar-refractivity contribution < 1.29 is 19.4 Å². The highest BCUT2D eigenvalue weighted by molar-refractivity contribution is 5.86. The molecule has 1 unspecified atom stereocenters. The number of aromatic hydroxyl groups is 1. The van der Waals surface area contributed by atoms with Gasteiger partial charge >= 0.3 is 5.97 Å². The molecule has 0 amide bonds. The van der Waals surface area contributed by atoms with Gasteiger partial charge < -0.3 is 9.84 Å². The van der Waals surface area contributed by atoms with Crippen LogP contribution < -0.4 is 0 Å². The second-order valence-corrected chi connectivity index (χ2v) is 4.60. The molecular weight excluding hydrogens is 256 g/mol. The summed E-state index contributed by atoms with van der Waals surface area (Å²) in [6.45, 7) is 4.00. The van der Waals surface area contributed by atoms with Crippen molar-refractivity contribution in [3.8, 4) is 5.75 Å². The number of hydrogen-bond donors (Lipinski definition) is 1. The predicted molar refractivity (Wildman–Crippen MR) is 76.6 cm³/mol. The third kappa shape index (κ3) is 4.08. The van der Waals surface area contributed by atoms with Crippen molar-refractivity contribution in [2.24, 2.45) is 5.92 Å². The van der Waals surface area contributed by atoms with Crippen molar-refractivity contribution in [1.82, 2.24) is 0 Å². The van der Waals surface area contributed by atoms with Crippen LogP contribution in [0.1, 0.15) is 37.8 Å². The number of hydrogen-bond acceptors (Lipinski definition) is 4. The van der Waals surface area contributed by atoms with Gasteiger partial charge in [0.05, 0.1) is 13.5 Å². The van der Waals surface area contributed by atoms with Crippen molar-refractivity contribution in [3.63, 3.8) is 0 Å². The van der Waals surface area contributed by atoms with Crippen molar-refractivity contribution in [2.45, 2.75) is 39.5 Å². The Bertz CT molecular complexity index is 479. The quantitative estimate of drug-likeness (QED) is 0.667. The Balaban J connectivity index is 0.000000956. The second kappa shape index (κ2) is 7.68. The molecule has 0 bridgehead atoms. The molecule has 1 aromatic rings. The fourth-order valence-electron chi connectivity index (χ4n) is 2.36. The molecule has 0 fully saturated rings. The van der Waals surface area contributed by atoms with E-state index in [-0.39, 0.29) is 29.8 Å². The first kappa shape index (κ1) is 16.2. The normalized spacial score (nSPS) is 17.4. The summed E-state index contributed by atoms with van der Waals surface area (Å²) in [4.78, 5) is 23.2. The molecule has 0 heterocycles. The topological polar surface area (TPSA) is 63.6 Å². The third-order valence-electron chi connectivity index (χ3n) is 3.39. The van der Waals surface area contributed by atoms with E-state index in [9.17, 15) is 14.7 Å². The Morgan fingerprint density at radius 1 is 1.30 bits per heavy atom. The van der Waals surface area contributed by atoms with Crippen LogP contribution in [-0.2, 0) is 27.2 Å². The number of phenolic OH excluding ortho intramolecular Hbond substituents is 1. The fraction of sp³-hybridized carbons (Fsp3) is 0.500. The summed E-state index contributed by atoms with van der Waals surface area (Å²) in [6, 6.07) is 5.14. The zero-order valence-electron chi connectivity index (χ0n) is 12.3. The number of Topliss-reactive ketones (excluding diaryl/α,β-unsaturated/α-hetero) is 1. The van der Waals surface area contributed by atoms with Crippen LogP contribution in [0.15, 0.2) is 18.2 Å². The Hall–Kier alpha value is -1.84. The molecular formula is C16H22O4. The van der Waals surface area contributed by atoms with Crippen LogP contribution in [0.2, 0.25) is 0 Å². The summed E-state index contributed by atoms with van der Waals surface area (Å²) in [7, 11) is 1.33. The molecule has 1 N–H and O–H groups in total. The van der Waals surface area contributed by atoms with Gasteiger partial charge in [-0.25, -0.2) is 0 Å². The first-order chi connectivity index (χ1) is 9.60. The van der Waals surface area contributed by atoms with Gasteiger partial charge in [-0.3, -0.25) is 9.59 Å². The fourth-order valence-corrected chi connectivity index (χ4v) is 2.36. The van der Waals surface area contributed by atoms with Crippen LogP contribution in [0.4, 0.5) is 0 Å². The highest BCUT2D eigenvalue weighted by Crippen LogP contribution is 2.27. The number of methoxy groups -OCH3 is 1. The number of benzene rings is 1. The number of carbonyl (C=O) groups is 2. The summed E-state index contributed by atoms with van der Waals surface area (Å²) in [5, 5.41) is 9.44. The lowest BCUT2D eigenvalue weighted by Crippen LogP contribution is -2.20. The molecule has 110 valence electrons.